The van der Waals surface area contributed by atoms with Gasteiger partial charge in [-0.15, -0.1) is 0 Å². The monoisotopic (exact) mass is 461 g/mol. The highest BCUT2D eigenvalue weighted by molar-refractivity contribution is 6.10. The largest absolute Gasteiger partial charge is 0.337 e. The molecule has 3 nitrogen and oxygen atoms in total. The van der Waals surface area contributed by atoms with Crippen LogP contribution < -0.4 is 0 Å². The predicted octanol–water partition coefficient (Wildman–Crippen LogP) is 9.46. The second kappa shape index (κ2) is 14.1. The number of fused-ring (bicyclic) bond motifs is 3. The molecular formula is C31H43NO2. The molecule has 3 rings (SSSR count). The average Bonchev–Trinajstić information content (AvgIpc) is 3.19. The molecule has 0 unspecified atom stereocenters. The summed E-state index contributed by atoms with van der Waals surface area (Å²) in [6, 6.07) is 12.4. The lowest BCUT2D eigenvalue weighted by Gasteiger charge is -2.22. The standard InChI is InChI=1S/C31H43NO2/c1-3-5-7-9-11-13-15-27(16-14-12-10-8-6-4-2)32-30-21-25(23-33)17-19-28(30)29-20-18-26(24-34)22-31(29)32/h17-24,27H,3-16H2,1-2H3. The topological polar surface area (TPSA) is 39.1 Å². The number of hydrogen-bond acceptors (Lipinski definition) is 2. The minimum absolute atomic E-state index is 0.390. The molecule has 1 aromatic heterocycles. The third kappa shape index (κ3) is 6.81. The van der Waals surface area contributed by atoms with Crippen molar-refractivity contribution in [2.24, 2.45) is 0 Å². The Hall–Kier alpha value is -2.42. The van der Waals surface area contributed by atoms with E-state index in [0.29, 0.717) is 17.2 Å². The fraction of sp³-hybridized carbons (Fsp3) is 0.548. The van der Waals surface area contributed by atoms with Crippen molar-refractivity contribution in [3.05, 3.63) is 47.5 Å². The number of rotatable bonds is 17. The van der Waals surface area contributed by atoms with Gasteiger partial charge in [0, 0.05) is 27.9 Å². The SMILES string of the molecule is CCCCCCCCC(CCCCCCCC)n1c2cc(C=O)ccc2c2ccc(C=O)cc21. The average molecular weight is 462 g/mol. The van der Waals surface area contributed by atoms with Crippen molar-refractivity contribution in [1.82, 2.24) is 4.57 Å². The van der Waals surface area contributed by atoms with Gasteiger partial charge in [-0.3, -0.25) is 9.59 Å². The number of nitrogens with zero attached hydrogens (tertiary/aromatic N) is 1. The highest BCUT2D eigenvalue weighted by Gasteiger charge is 2.19. The molecule has 0 saturated heterocycles. The first-order chi connectivity index (χ1) is 16.7. The van der Waals surface area contributed by atoms with E-state index < -0.39 is 0 Å². The summed E-state index contributed by atoms with van der Waals surface area (Å²) in [4.78, 5) is 23.2. The third-order valence-corrected chi connectivity index (χ3v) is 7.27. The Balaban J connectivity index is 1.91. The smallest absolute Gasteiger partial charge is 0.150 e. The normalized spacial score (nSPS) is 11.6. The second-order valence-electron chi connectivity index (χ2n) is 9.93. The molecule has 0 aliphatic heterocycles. The molecule has 0 radical (unpaired) electrons. The summed E-state index contributed by atoms with van der Waals surface area (Å²) in [6.45, 7) is 4.53. The van der Waals surface area contributed by atoms with Crippen molar-refractivity contribution in [2.45, 2.75) is 110 Å². The van der Waals surface area contributed by atoms with Gasteiger partial charge >= 0.3 is 0 Å². The summed E-state index contributed by atoms with van der Waals surface area (Å²) in [5.74, 6) is 0. The number of unbranched alkanes of at least 4 members (excludes halogenated alkanes) is 10. The highest BCUT2D eigenvalue weighted by atomic mass is 16.1. The summed E-state index contributed by atoms with van der Waals surface area (Å²) < 4.78 is 2.46. The lowest BCUT2D eigenvalue weighted by atomic mass is 9.99. The van der Waals surface area contributed by atoms with Crippen LogP contribution in [0.2, 0.25) is 0 Å². The van der Waals surface area contributed by atoms with Crippen molar-refractivity contribution < 1.29 is 9.59 Å². The van der Waals surface area contributed by atoms with Crippen molar-refractivity contribution in [1.29, 1.82) is 0 Å². The zero-order valence-electron chi connectivity index (χ0n) is 21.4. The van der Waals surface area contributed by atoms with Gasteiger partial charge in [-0.1, -0.05) is 115 Å². The van der Waals surface area contributed by atoms with Crippen molar-refractivity contribution in [3.63, 3.8) is 0 Å². The van der Waals surface area contributed by atoms with Gasteiger partial charge in [0.1, 0.15) is 12.6 Å². The summed E-state index contributed by atoms with van der Waals surface area (Å²) in [5.41, 5.74) is 3.68. The quantitative estimate of drug-likeness (QED) is 0.148. The molecule has 0 N–H and O–H groups in total. The molecule has 0 fully saturated rings. The minimum Gasteiger partial charge on any atom is -0.337 e. The van der Waals surface area contributed by atoms with Crippen LogP contribution in [0.3, 0.4) is 0 Å². The molecule has 3 aromatic rings. The van der Waals surface area contributed by atoms with E-state index in [4.69, 9.17) is 0 Å². The van der Waals surface area contributed by atoms with Crippen LogP contribution in [-0.2, 0) is 0 Å². The number of aromatic nitrogens is 1. The maximum absolute atomic E-state index is 11.6. The van der Waals surface area contributed by atoms with Crippen LogP contribution in [0.4, 0.5) is 0 Å². The van der Waals surface area contributed by atoms with Gasteiger partial charge < -0.3 is 4.57 Å². The molecule has 0 saturated carbocycles. The van der Waals surface area contributed by atoms with Crippen LogP contribution in [-0.4, -0.2) is 17.1 Å². The number of benzene rings is 2. The van der Waals surface area contributed by atoms with Crippen molar-refractivity contribution >= 4 is 34.4 Å². The van der Waals surface area contributed by atoms with Gasteiger partial charge in [-0.2, -0.15) is 0 Å². The Kier molecular flexibility index (Phi) is 10.9. The van der Waals surface area contributed by atoms with Crippen LogP contribution in [0, 0.1) is 0 Å². The summed E-state index contributed by atoms with van der Waals surface area (Å²) in [5, 5.41) is 2.35. The van der Waals surface area contributed by atoms with E-state index in [9.17, 15) is 9.59 Å². The van der Waals surface area contributed by atoms with E-state index in [2.05, 4.69) is 30.5 Å². The van der Waals surface area contributed by atoms with E-state index in [1.54, 1.807) is 0 Å². The number of carbonyl (C=O) groups is 2. The third-order valence-electron chi connectivity index (χ3n) is 7.27. The Bertz CT molecular complexity index is 967. The molecule has 184 valence electrons. The minimum atomic E-state index is 0.390. The first-order valence-electron chi connectivity index (χ1n) is 13.7. The lowest BCUT2D eigenvalue weighted by molar-refractivity contribution is 0.111. The van der Waals surface area contributed by atoms with Gasteiger partial charge in [-0.05, 0) is 25.0 Å². The summed E-state index contributed by atoms with van der Waals surface area (Å²) >= 11 is 0. The maximum Gasteiger partial charge on any atom is 0.150 e. The fourth-order valence-electron chi connectivity index (χ4n) is 5.34. The first-order valence-corrected chi connectivity index (χ1v) is 13.7. The molecular weight excluding hydrogens is 418 g/mol. The molecule has 0 aliphatic carbocycles. The molecule has 0 atom stereocenters. The Morgan fingerprint density at radius 1 is 0.618 bits per heavy atom. The van der Waals surface area contributed by atoms with Crippen molar-refractivity contribution in [2.75, 3.05) is 0 Å². The van der Waals surface area contributed by atoms with Gasteiger partial charge in [0.2, 0.25) is 0 Å². The Morgan fingerprint density at radius 3 is 1.44 bits per heavy atom. The van der Waals surface area contributed by atoms with Gasteiger partial charge in [-0.25, -0.2) is 0 Å². The van der Waals surface area contributed by atoms with E-state index in [-0.39, 0.29) is 0 Å². The maximum atomic E-state index is 11.6. The Morgan fingerprint density at radius 2 is 1.03 bits per heavy atom. The number of aldehydes is 2. The van der Waals surface area contributed by atoms with Crippen LogP contribution in [0.5, 0.6) is 0 Å². The number of carbonyl (C=O) groups excluding carboxylic acids is 2. The summed E-state index contributed by atoms with van der Waals surface area (Å²) in [6.07, 6.45) is 19.7. The van der Waals surface area contributed by atoms with Gasteiger partial charge in [0.15, 0.2) is 0 Å². The van der Waals surface area contributed by atoms with Crippen LogP contribution >= 0.6 is 0 Å². The highest BCUT2D eigenvalue weighted by Crippen LogP contribution is 2.36. The lowest BCUT2D eigenvalue weighted by Crippen LogP contribution is -2.10. The van der Waals surface area contributed by atoms with E-state index >= 15 is 0 Å². The zero-order valence-corrected chi connectivity index (χ0v) is 21.4. The molecule has 34 heavy (non-hydrogen) atoms. The van der Waals surface area contributed by atoms with Crippen molar-refractivity contribution in [3.8, 4) is 0 Å². The van der Waals surface area contributed by atoms with E-state index in [1.807, 2.05) is 24.3 Å². The number of hydrogen-bond donors (Lipinski definition) is 0. The van der Waals surface area contributed by atoms with E-state index in [1.165, 1.54) is 87.8 Å². The van der Waals surface area contributed by atoms with Gasteiger partial charge in [0.05, 0.1) is 11.0 Å². The molecule has 0 bridgehead atoms. The molecule has 2 aromatic carbocycles. The fourth-order valence-corrected chi connectivity index (χ4v) is 5.34. The van der Waals surface area contributed by atoms with E-state index in [0.717, 1.165) is 36.4 Å². The first kappa shape index (κ1) is 26.2. The zero-order chi connectivity index (χ0) is 24.2. The Labute approximate surface area is 205 Å². The predicted molar refractivity (Wildman–Crippen MR) is 145 cm³/mol. The molecule has 0 amide bonds. The molecule has 0 spiro atoms. The molecule has 0 aliphatic rings. The van der Waals surface area contributed by atoms with Crippen LogP contribution in [0.15, 0.2) is 36.4 Å². The molecule has 3 heteroatoms. The second-order valence-corrected chi connectivity index (χ2v) is 9.93. The molecule has 1 heterocycles. The van der Waals surface area contributed by atoms with Crippen LogP contribution in [0.1, 0.15) is 130 Å². The summed E-state index contributed by atoms with van der Waals surface area (Å²) in [7, 11) is 0. The van der Waals surface area contributed by atoms with Crippen LogP contribution in [0.25, 0.3) is 21.8 Å². The van der Waals surface area contributed by atoms with Gasteiger partial charge in [0.25, 0.3) is 0 Å².